The number of carbonyl (C=O) groups excluding carboxylic acids is 1. The Morgan fingerprint density at radius 3 is 2.38 bits per heavy atom. The van der Waals surface area contributed by atoms with Crippen molar-refractivity contribution < 1.29 is 9.53 Å². The molecule has 0 spiro atoms. The van der Waals surface area contributed by atoms with E-state index in [0.717, 1.165) is 19.0 Å². The van der Waals surface area contributed by atoms with Gasteiger partial charge in [0.15, 0.2) is 0 Å². The highest BCUT2D eigenvalue weighted by molar-refractivity contribution is 5.68. The molecule has 1 fully saturated rings. The van der Waals surface area contributed by atoms with Gasteiger partial charge in [0.25, 0.3) is 0 Å². The average Bonchev–Trinajstić information content (AvgIpc) is 2.37. The number of rotatable bonds is 6. The molecule has 0 aromatic heterocycles. The molecule has 0 saturated heterocycles. The summed E-state index contributed by atoms with van der Waals surface area (Å²) in [6.45, 7) is 12.4. The van der Waals surface area contributed by atoms with Crippen LogP contribution < -0.4 is 5.32 Å². The number of nitrogens with zero attached hydrogens (tertiary/aromatic N) is 1. The van der Waals surface area contributed by atoms with E-state index in [9.17, 15) is 4.79 Å². The molecule has 1 rings (SSSR count). The average molecular weight is 298 g/mol. The Hall–Kier alpha value is -0.770. The molecule has 4 heteroatoms. The lowest BCUT2D eigenvalue weighted by atomic mass is 9.89. The van der Waals surface area contributed by atoms with Gasteiger partial charge in [-0.2, -0.15) is 0 Å². The van der Waals surface area contributed by atoms with Crippen LogP contribution in [0.15, 0.2) is 0 Å². The summed E-state index contributed by atoms with van der Waals surface area (Å²) in [7, 11) is 0. The molecule has 4 nitrogen and oxygen atoms in total. The Bertz CT molecular complexity index is 304. The predicted octanol–water partition coefficient (Wildman–Crippen LogP) is 3.80. The van der Waals surface area contributed by atoms with Crippen molar-refractivity contribution in [2.75, 3.05) is 19.6 Å². The first-order chi connectivity index (χ1) is 9.79. The quantitative estimate of drug-likeness (QED) is 0.758. The van der Waals surface area contributed by atoms with E-state index in [2.05, 4.69) is 5.32 Å². The van der Waals surface area contributed by atoms with Gasteiger partial charge in [-0.15, -0.1) is 0 Å². The van der Waals surface area contributed by atoms with Crippen LogP contribution >= 0.6 is 0 Å². The van der Waals surface area contributed by atoms with Gasteiger partial charge in [-0.1, -0.05) is 19.3 Å². The van der Waals surface area contributed by atoms with E-state index in [1.54, 1.807) is 4.90 Å². The highest BCUT2D eigenvalue weighted by Gasteiger charge is 2.23. The van der Waals surface area contributed by atoms with Crippen LogP contribution in [0.5, 0.6) is 0 Å². The number of amides is 1. The second-order valence-electron chi connectivity index (χ2n) is 7.48. The van der Waals surface area contributed by atoms with E-state index in [1.165, 1.54) is 32.1 Å². The lowest BCUT2D eigenvalue weighted by molar-refractivity contribution is 0.0193. The third-order valence-electron chi connectivity index (χ3n) is 3.94. The maximum Gasteiger partial charge on any atom is 0.410 e. The SMILES string of the molecule is CC(C)N(CCNCC1CCCCC1)C(=O)OC(C)(C)C. The maximum absolute atomic E-state index is 12.2. The number of ether oxygens (including phenoxy) is 1. The van der Waals surface area contributed by atoms with Crippen molar-refractivity contribution in [2.45, 2.75) is 78.4 Å². The van der Waals surface area contributed by atoms with Crippen LogP contribution in [0.3, 0.4) is 0 Å². The van der Waals surface area contributed by atoms with E-state index in [0.29, 0.717) is 6.54 Å². The van der Waals surface area contributed by atoms with E-state index >= 15 is 0 Å². The Labute approximate surface area is 130 Å². The molecule has 1 aliphatic rings. The zero-order valence-electron chi connectivity index (χ0n) is 14.6. The van der Waals surface area contributed by atoms with Gasteiger partial charge in [-0.25, -0.2) is 4.79 Å². The van der Waals surface area contributed by atoms with Crippen molar-refractivity contribution >= 4 is 6.09 Å². The molecule has 0 atom stereocenters. The minimum Gasteiger partial charge on any atom is -0.444 e. The van der Waals surface area contributed by atoms with Gasteiger partial charge in [-0.05, 0) is 59.9 Å². The minimum atomic E-state index is -0.431. The summed E-state index contributed by atoms with van der Waals surface area (Å²) in [4.78, 5) is 14.0. The molecule has 21 heavy (non-hydrogen) atoms. The largest absolute Gasteiger partial charge is 0.444 e. The summed E-state index contributed by atoms with van der Waals surface area (Å²) in [6, 6.07) is 0.163. The van der Waals surface area contributed by atoms with Crippen LogP contribution in [-0.2, 0) is 4.74 Å². The van der Waals surface area contributed by atoms with Crippen LogP contribution in [0.1, 0.15) is 66.7 Å². The maximum atomic E-state index is 12.2. The third kappa shape index (κ3) is 7.70. The van der Waals surface area contributed by atoms with Crippen LogP contribution in [-0.4, -0.2) is 42.3 Å². The summed E-state index contributed by atoms with van der Waals surface area (Å²) in [5, 5.41) is 3.51. The van der Waals surface area contributed by atoms with Gasteiger partial charge in [0.05, 0.1) is 0 Å². The second kappa shape index (κ2) is 8.62. The number of hydrogen-bond acceptors (Lipinski definition) is 3. The van der Waals surface area contributed by atoms with Gasteiger partial charge in [0.2, 0.25) is 0 Å². The Balaban J connectivity index is 2.28. The summed E-state index contributed by atoms with van der Waals surface area (Å²) in [5.41, 5.74) is -0.431. The molecule has 0 heterocycles. The van der Waals surface area contributed by atoms with E-state index < -0.39 is 5.60 Å². The molecule has 1 N–H and O–H groups in total. The first kappa shape index (κ1) is 18.3. The molecule has 1 saturated carbocycles. The van der Waals surface area contributed by atoms with Crippen LogP contribution in [0.4, 0.5) is 4.79 Å². The third-order valence-corrected chi connectivity index (χ3v) is 3.94. The lowest BCUT2D eigenvalue weighted by Gasteiger charge is -2.30. The monoisotopic (exact) mass is 298 g/mol. The topological polar surface area (TPSA) is 41.6 Å². The zero-order valence-corrected chi connectivity index (χ0v) is 14.6. The summed E-state index contributed by atoms with van der Waals surface area (Å²) < 4.78 is 5.47. The Morgan fingerprint density at radius 1 is 1.24 bits per heavy atom. The van der Waals surface area contributed by atoms with E-state index in [4.69, 9.17) is 4.74 Å². The van der Waals surface area contributed by atoms with Gasteiger partial charge in [-0.3, -0.25) is 0 Å². The predicted molar refractivity (Wildman–Crippen MR) is 87.5 cm³/mol. The van der Waals surface area contributed by atoms with Gasteiger partial charge in [0, 0.05) is 19.1 Å². The van der Waals surface area contributed by atoms with E-state index in [1.807, 2.05) is 34.6 Å². The standard InChI is InChI=1S/C17H34N2O2/c1-14(2)19(16(20)21-17(3,4)5)12-11-18-13-15-9-7-6-8-10-15/h14-15,18H,6-13H2,1-5H3. The van der Waals surface area contributed by atoms with E-state index in [-0.39, 0.29) is 12.1 Å². The molecule has 0 bridgehead atoms. The summed E-state index contributed by atoms with van der Waals surface area (Å²) in [6.07, 6.45) is 6.65. The van der Waals surface area contributed by atoms with Gasteiger partial charge >= 0.3 is 6.09 Å². The summed E-state index contributed by atoms with van der Waals surface area (Å²) in [5.74, 6) is 0.827. The highest BCUT2D eigenvalue weighted by Crippen LogP contribution is 2.22. The minimum absolute atomic E-state index is 0.163. The molecule has 0 aliphatic heterocycles. The normalized spacial score (nSPS) is 17.0. The molecule has 1 aliphatic carbocycles. The van der Waals surface area contributed by atoms with Gasteiger partial charge < -0.3 is 15.0 Å². The number of hydrogen-bond donors (Lipinski definition) is 1. The first-order valence-corrected chi connectivity index (χ1v) is 8.50. The van der Waals surface area contributed by atoms with Crippen molar-refractivity contribution in [1.29, 1.82) is 0 Å². The zero-order chi connectivity index (χ0) is 15.9. The first-order valence-electron chi connectivity index (χ1n) is 8.50. The fourth-order valence-electron chi connectivity index (χ4n) is 2.78. The smallest absolute Gasteiger partial charge is 0.410 e. The van der Waals surface area contributed by atoms with Crippen molar-refractivity contribution in [3.8, 4) is 0 Å². The summed E-state index contributed by atoms with van der Waals surface area (Å²) >= 11 is 0. The van der Waals surface area contributed by atoms with Crippen molar-refractivity contribution in [1.82, 2.24) is 10.2 Å². The fourth-order valence-corrected chi connectivity index (χ4v) is 2.78. The van der Waals surface area contributed by atoms with Crippen LogP contribution in [0.25, 0.3) is 0 Å². The second-order valence-corrected chi connectivity index (χ2v) is 7.48. The molecule has 124 valence electrons. The Morgan fingerprint density at radius 2 is 1.86 bits per heavy atom. The Kier molecular flexibility index (Phi) is 7.50. The molecule has 0 unspecified atom stereocenters. The molecule has 0 radical (unpaired) electrons. The van der Waals surface area contributed by atoms with Crippen molar-refractivity contribution in [3.05, 3.63) is 0 Å². The van der Waals surface area contributed by atoms with Gasteiger partial charge in [0.1, 0.15) is 5.60 Å². The van der Waals surface area contributed by atoms with Crippen molar-refractivity contribution in [2.24, 2.45) is 5.92 Å². The van der Waals surface area contributed by atoms with Crippen LogP contribution in [0.2, 0.25) is 0 Å². The molecular formula is C17H34N2O2. The number of nitrogens with one attached hydrogen (secondary N) is 1. The molecule has 0 aromatic rings. The molecular weight excluding hydrogens is 264 g/mol. The molecule has 0 aromatic carbocycles. The molecule has 1 amide bonds. The lowest BCUT2D eigenvalue weighted by Crippen LogP contribution is -2.44. The van der Waals surface area contributed by atoms with Crippen LogP contribution in [0, 0.1) is 5.92 Å². The highest BCUT2D eigenvalue weighted by atomic mass is 16.6. The fraction of sp³-hybridized carbons (Fsp3) is 0.941. The number of carbonyl (C=O) groups is 1. The van der Waals surface area contributed by atoms with Crippen molar-refractivity contribution in [3.63, 3.8) is 0 Å².